The SMILES string of the molecule is CN(CCCCl)C1CCCC1. The lowest BCUT2D eigenvalue weighted by Gasteiger charge is -2.23. The van der Waals surface area contributed by atoms with Crippen LogP contribution in [0.1, 0.15) is 32.1 Å². The van der Waals surface area contributed by atoms with E-state index in [0.717, 1.165) is 18.3 Å². The normalized spacial score (nSPS) is 19.9. The standard InChI is InChI=1S/C9H18ClN/c1-11(8-4-7-10)9-5-2-3-6-9/h9H,2-8H2,1H3. The topological polar surface area (TPSA) is 3.24 Å². The van der Waals surface area contributed by atoms with Crippen LogP contribution in [0.2, 0.25) is 0 Å². The third-order valence-corrected chi connectivity index (χ3v) is 2.86. The quantitative estimate of drug-likeness (QED) is 0.594. The summed E-state index contributed by atoms with van der Waals surface area (Å²) in [5.74, 6) is 0.803. The fourth-order valence-electron chi connectivity index (χ4n) is 1.84. The largest absolute Gasteiger partial charge is 0.303 e. The molecule has 1 nitrogen and oxygen atoms in total. The van der Waals surface area contributed by atoms with Crippen molar-refractivity contribution in [2.75, 3.05) is 19.5 Å². The Morgan fingerprint density at radius 2 is 2.00 bits per heavy atom. The van der Waals surface area contributed by atoms with E-state index in [1.165, 1.54) is 32.2 Å². The molecule has 1 aliphatic carbocycles. The van der Waals surface area contributed by atoms with Crippen molar-refractivity contribution in [2.24, 2.45) is 0 Å². The van der Waals surface area contributed by atoms with Crippen molar-refractivity contribution in [3.05, 3.63) is 0 Å². The zero-order valence-electron chi connectivity index (χ0n) is 7.35. The van der Waals surface area contributed by atoms with Crippen LogP contribution in [0.25, 0.3) is 0 Å². The molecule has 1 rings (SSSR count). The van der Waals surface area contributed by atoms with Crippen molar-refractivity contribution >= 4 is 11.6 Å². The van der Waals surface area contributed by atoms with Gasteiger partial charge in [0.05, 0.1) is 0 Å². The summed E-state index contributed by atoms with van der Waals surface area (Å²) in [5, 5.41) is 0. The molecule has 1 saturated carbocycles. The maximum Gasteiger partial charge on any atom is 0.0235 e. The second-order valence-electron chi connectivity index (χ2n) is 3.46. The summed E-state index contributed by atoms with van der Waals surface area (Å²) in [6.07, 6.45) is 6.79. The maximum atomic E-state index is 5.63. The van der Waals surface area contributed by atoms with Gasteiger partial charge in [-0.25, -0.2) is 0 Å². The van der Waals surface area contributed by atoms with Crippen molar-refractivity contribution in [1.82, 2.24) is 4.90 Å². The molecule has 0 aromatic carbocycles. The van der Waals surface area contributed by atoms with E-state index in [0.29, 0.717) is 0 Å². The van der Waals surface area contributed by atoms with Gasteiger partial charge in [0.2, 0.25) is 0 Å². The van der Waals surface area contributed by atoms with Crippen LogP contribution in [0.5, 0.6) is 0 Å². The van der Waals surface area contributed by atoms with Crippen LogP contribution in [0, 0.1) is 0 Å². The number of halogens is 1. The Balaban J connectivity index is 2.12. The second-order valence-corrected chi connectivity index (χ2v) is 3.84. The van der Waals surface area contributed by atoms with Crippen LogP contribution in [0.4, 0.5) is 0 Å². The Bertz CT molecular complexity index is 99.7. The molecule has 11 heavy (non-hydrogen) atoms. The van der Waals surface area contributed by atoms with Crippen molar-refractivity contribution in [3.8, 4) is 0 Å². The average molecular weight is 176 g/mol. The summed E-state index contributed by atoms with van der Waals surface area (Å²) in [4.78, 5) is 2.47. The van der Waals surface area contributed by atoms with Crippen LogP contribution in [0.15, 0.2) is 0 Å². The lowest BCUT2D eigenvalue weighted by atomic mass is 10.2. The maximum absolute atomic E-state index is 5.63. The summed E-state index contributed by atoms with van der Waals surface area (Å²) in [6, 6.07) is 0.859. The Hall–Kier alpha value is 0.250. The van der Waals surface area contributed by atoms with Crippen LogP contribution in [0.3, 0.4) is 0 Å². The molecule has 2 heteroatoms. The molecule has 1 fully saturated rings. The zero-order chi connectivity index (χ0) is 8.10. The fraction of sp³-hybridized carbons (Fsp3) is 1.00. The van der Waals surface area contributed by atoms with E-state index in [1.54, 1.807) is 0 Å². The molecule has 0 saturated heterocycles. The first-order valence-electron chi connectivity index (χ1n) is 4.61. The van der Waals surface area contributed by atoms with Crippen LogP contribution in [-0.2, 0) is 0 Å². The Labute approximate surface area is 74.7 Å². The van der Waals surface area contributed by atoms with E-state index in [4.69, 9.17) is 11.6 Å². The minimum absolute atomic E-state index is 0.803. The predicted molar refractivity (Wildman–Crippen MR) is 50.2 cm³/mol. The molecule has 0 N–H and O–H groups in total. The molecule has 0 aromatic heterocycles. The molecular weight excluding hydrogens is 158 g/mol. The summed E-state index contributed by atoms with van der Waals surface area (Å²) in [6.45, 7) is 1.17. The summed E-state index contributed by atoms with van der Waals surface area (Å²) >= 11 is 5.63. The van der Waals surface area contributed by atoms with Crippen LogP contribution >= 0.6 is 11.6 Å². The number of alkyl halides is 1. The average Bonchev–Trinajstić information content (AvgIpc) is 2.52. The Kier molecular flexibility index (Phi) is 4.24. The molecule has 0 amide bonds. The van der Waals surface area contributed by atoms with Crippen LogP contribution in [-0.4, -0.2) is 30.4 Å². The van der Waals surface area contributed by atoms with Crippen molar-refractivity contribution in [3.63, 3.8) is 0 Å². The predicted octanol–water partition coefficient (Wildman–Crippen LogP) is 2.49. The van der Waals surface area contributed by atoms with Crippen molar-refractivity contribution in [2.45, 2.75) is 38.1 Å². The van der Waals surface area contributed by atoms with Gasteiger partial charge in [-0.1, -0.05) is 12.8 Å². The van der Waals surface area contributed by atoms with Gasteiger partial charge in [0.25, 0.3) is 0 Å². The first kappa shape index (κ1) is 9.34. The molecule has 0 spiro atoms. The first-order chi connectivity index (χ1) is 5.34. The smallest absolute Gasteiger partial charge is 0.0235 e. The van der Waals surface area contributed by atoms with E-state index in [1.807, 2.05) is 0 Å². The van der Waals surface area contributed by atoms with Gasteiger partial charge in [-0.2, -0.15) is 0 Å². The van der Waals surface area contributed by atoms with Crippen molar-refractivity contribution in [1.29, 1.82) is 0 Å². The van der Waals surface area contributed by atoms with Gasteiger partial charge in [-0.15, -0.1) is 11.6 Å². The van der Waals surface area contributed by atoms with Gasteiger partial charge in [-0.3, -0.25) is 0 Å². The minimum atomic E-state index is 0.803. The molecule has 0 aliphatic heterocycles. The monoisotopic (exact) mass is 175 g/mol. The van der Waals surface area contributed by atoms with Gasteiger partial charge in [0, 0.05) is 11.9 Å². The van der Waals surface area contributed by atoms with Gasteiger partial charge in [-0.05, 0) is 32.9 Å². The first-order valence-corrected chi connectivity index (χ1v) is 5.14. The highest BCUT2D eigenvalue weighted by molar-refractivity contribution is 6.17. The molecule has 0 heterocycles. The molecule has 0 radical (unpaired) electrons. The van der Waals surface area contributed by atoms with Crippen LogP contribution < -0.4 is 0 Å². The molecule has 1 aliphatic rings. The third-order valence-electron chi connectivity index (χ3n) is 2.59. The zero-order valence-corrected chi connectivity index (χ0v) is 8.11. The van der Waals surface area contributed by atoms with E-state index >= 15 is 0 Å². The van der Waals surface area contributed by atoms with Crippen molar-refractivity contribution < 1.29 is 0 Å². The molecule has 0 bridgehead atoms. The van der Waals surface area contributed by atoms with Gasteiger partial charge >= 0.3 is 0 Å². The van der Waals surface area contributed by atoms with E-state index in [-0.39, 0.29) is 0 Å². The Morgan fingerprint density at radius 1 is 1.36 bits per heavy atom. The van der Waals surface area contributed by atoms with Gasteiger partial charge in [0.15, 0.2) is 0 Å². The van der Waals surface area contributed by atoms with E-state index in [2.05, 4.69) is 11.9 Å². The number of rotatable bonds is 4. The fourth-order valence-corrected chi connectivity index (χ4v) is 1.96. The summed E-state index contributed by atoms with van der Waals surface area (Å²) in [5.41, 5.74) is 0. The molecule has 0 atom stereocenters. The second kappa shape index (κ2) is 5.00. The lowest BCUT2D eigenvalue weighted by Crippen LogP contribution is -2.30. The molecule has 66 valence electrons. The lowest BCUT2D eigenvalue weighted by molar-refractivity contribution is 0.246. The summed E-state index contributed by atoms with van der Waals surface area (Å²) < 4.78 is 0. The number of nitrogens with zero attached hydrogens (tertiary/aromatic N) is 1. The van der Waals surface area contributed by atoms with Gasteiger partial charge < -0.3 is 4.90 Å². The minimum Gasteiger partial charge on any atom is -0.303 e. The van der Waals surface area contributed by atoms with Gasteiger partial charge in [0.1, 0.15) is 0 Å². The highest BCUT2D eigenvalue weighted by Gasteiger charge is 2.18. The molecular formula is C9H18ClN. The summed E-state index contributed by atoms with van der Waals surface area (Å²) in [7, 11) is 2.22. The van der Waals surface area contributed by atoms with E-state index < -0.39 is 0 Å². The number of hydrogen-bond acceptors (Lipinski definition) is 1. The third kappa shape index (κ3) is 3.00. The Morgan fingerprint density at radius 3 is 2.55 bits per heavy atom. The molecule has 0 unspecified atom stereocenters. The highest BCUT2D eigenvalue weighted by Crippen LogP contribution is 2.22. The number of hydrogen-bond donors (Lipinski definition) is 0. The molecule has 0 aromatic rings. The van der Waals surface area contributed by atoms with E-state index in [9.17, 15) is 0 Å². The highest BCUT2D eigenvalue weighted by atomic mass is 35.5.